The van der Waals surface area contributed by atoms with Crippen LogP contribution in [0.2, 0.25) is 5.02 Å². The van der Waals surface area contributed by atoms with E-state index in [4.69, 9.17) is 11.6 Å². The number of sulfone groups is 1. The van der Waals surface area contributed by atoms with Crippen LogP contribution >= 0.6 is 11.6 Å². The number of hydrogen-bond donors (Lipinski definition) is 1. The van der Waals surface area contributed by atoms with Crippen molar-refractivity contribution in [1.29, 1.82) is 0 Å². The highest BCUT2D eigenvalue weighted by Gasteiger charge is 2.21. The van der Waals surface area contributed by atoms with Crippen molar-refractivity contribution in [2.45, 2.75) is 30.7 Å². The fourth-order valence-corrected chi connectivity index (χ4v) is 3.97. The monoisotopic (exact) mass is 380 g/mol. The number of rotatable bonds is 5. The summed E-state index contributed by atoms with van der Waals surface area (Å²) in [5, 5.41) is 3.89. The number of halogens is 1. The first-order valence-corrected chi connectivity index (χ1v) is 10.3. The second-order valence-electron chi connectivity index (χ2n) is 6.02. The summed E-state index contributed by atoms with van der Waals surface area (Å²) in [7, 11) is -3.15. The molecule has 25 heavy (non-hydrogen) atoms. The highest BCUT2D eigenvalue weighted by atomic mass is 35.5. The van der Waals surface area contributed by atoms with Gasteiger partial charge in [0.1, 0.15) is 17.2 Å². The van der Waals surface area contributed by atoms with Gasteiger partial charge in [0.2, 0.25) is 0 Å². The van der Waals surface area contributed by atoms with Gasteiger partial charge >= 0.3 is 0 Å². The molecule has 2 aromatic rings. The summed E-state index contributed by atoms with van der Waals surface area (Å²) in [4.78, 5) is 10.7. The highest BCUT2D eigenvalue weighted by molar-refractivity contribution is 7.91. The molecular formula is C17H21ClN4O2S. The van der Waals surface area contributed by atoms with E-state index in [2.05, 4.69) is 20.2 Å². The van der Waals surface area contributed by atoms with Crippen LogP contribution in [-0.2, 0) is 9.84 Å². The number of nitrogens with zero attached hydrogens (tertiary/aromatic N) is 3. The van der Waals surface area contributed by atoms with Crippen molar-refractivity contribution in [3.63, 3.8) is 0 Å². The third-order valence-corrected chi connectivity index (χ3v) is 6.47. The normalized spacial score (nSPS) is 16.0. The number of benzene rings is 1. The smallest absolute Gasteiger partial charge is 0.178 e. The summed E-state index contributed by atoms with van der Waals surface area (Å²) in [5.41, 5.74) is 1.05. The summed E-state index contributed by atoms with van der Waals surface area (Å²) in [5.74, 6) is 0.791. The first-order valence-electron chi connectivity index (χ1n) is 8.29. The van der Waals surface area contributed by atoms with Crippen LogP contribution in [0.5, 0.6) is 0 Å². The summed E-state index contributed by atoms with van der Waals surface area (Å²) < 4.78 is 23.8. The van der Waals surface area contributed by atoms with Crippen LogP contribution in [0.25, 0.3) is 0 Å². The summed E-state index contributed by atoms with van der Waals surface area (Å²) >= 11 is 6.08. The Balaban J connectivity index is 1.60. The molecule has 0 amide bonds. The van der Waals surface area contributed by atoms with Gasteiger partial charge in [-0.15, -0.1) is 0 Å². The number of piperidine rings is 1. The molecule has 2 heterocycles. The van der Waals surface area contributed by atoms with E-state index in [9.17, 15) is 8.42 Å². The van der Waals surface area contributed by atoms with E-state index in [0.29, 0.717) is 21.8 Å². The lowest BCUT2D eigenvalue weighted by atomic mass is 10.0. The molecule has 1 aliphatic rings. The standard InChI is InChI=1S/C17H21ClN4O2S/c1-2-25(23,24)15-5-3-14(4-6-15)22-9-7-13(8-10-22)21-17-16(18)11-19-12-20-17/h3-6,11-13H,2,7-10H2,1H3,(H,19,20,21). The summed E-state index contributed by atoms with van der Waals surface area (Å²) in [6.45, 7) is 3.44. The zero-order valence-electron chi connectivity index (χ0n) is 14.0. The van der Waals surface area contributed by atoms with Crippen LogP contribution in [-0.4, -0.2) is 43.3 Å². The first-order chi connectivity index (χ1) is 12.0. The Morgan fingerprint density at radius 2 is 1.92 bits per heavy atom. The van der Waals surface area contributed by atoms with Crippen molar-refractivity contribution in [3.8, 4) is 0 Å². The Labute approximate surface area is 153 Å². The zero-order chi connectivity index (χ0) is 17.9. The highest BCUT2D eigenvalue weighted by Crippen LogP contribution is 2.25. The van der Waals surface area contributed by atoms with E-state index >= 15 is 0 Å². The average molecular weight is 381 g/mol. The van der Waals surface area contributed by atoms with Gasteiger partial charge in [-0.3, -0.25) is 0 Å². The zero-order valence-corrected chi connectivity index (χ0v) is 15.6. The molecule has 3 rings (SSSR count). The quantitative estimate of drug-likeness (QED) is 0.859. The lowest BCUT2D eigenvalue weighted by Crippen LogP contribution is -2.39. The van der Waals surface area contributed by atoms with Gasteiger partial charge < -0.3 is 10.2 Å². The molecule has 0 aliphatic carbocycles. The average Bonchev–Trinajstić information content (AvgIpc) is 2.64. The Kier molecular flexibility index (Phi) is 5.44. The molecule has 8 heteroatoms. The minimum absolute atomic E-state index is 0.120. The van der Waals surface area contributed by atoms with E-state index < -0.39 is 9.84 Å². The molecule has 0 unspecified atom stereocenters. The van der Waals surface area contributed by atoms with Gasteiger partial charge in [0.05, 0.1) is 16.8 Å². The van der Waals surface area contributed by atoms with Crippen molar-refractivity contribution in [2.24, 2.45) is 0 Å². The lowest BCUT2D eigenvalue weighted by molar-refractivity contribution is 0.525. The number of hydrogen-bond acceptors (Lipinski definition) is 6. The number of nitrogens with one attached hydrogen (secondary N) is 1. The number of aromatic nitrogens is 2. The molecule has 6 nitrogen and oxygen atoms in total. The number of anilines is 2. The van der Waals surface area contributed by atoms with Crippen LogP contribution in [0.1, 0.15) is 19.8 Å². The summed E-state index contributed by atoms with van der Waals surface area (Å²) in [6.07, 6.45) is 4.97. The second kappa shape index (κ2) is 7.58. The van der Waals surface area contributed by atoms with Crippen LogP contribution in [0.3, 0.4) is 0 Å². The van der Waals surface area contributed by atoms with Crippen LogP contribution < -0.4 is 10.2 Å². The van der Waals surface area contributed by atoms with E-state index in [-0.39, 0.29) is 5.75 Å². The Bertz CT molecular complexity index is 819. The Morgan fingerprint density at radius 1 is 1.24 bits per heavy atom. The minimum atomic E-state index is -3.15. The molecule has 1 N–H and O–H groups in total. The second-order valence-corrected chi connectivity index (χ2v) is 8.71. The van der Waals surface area contributed by atoms with Gasteiger partial charge in [0.25, 0.3) is 0 Å². The van der Waals surface area contributed by atoms with E-state index in [0.717, 1.165) is 31.6 Å². The summed E-state index contributed by atoms with van der Waals surface area (Å²) in [6, 6.07) is 7.47. The van der Waals surface area contributed by atoms with Gasteiger partial charge in [-0.25, -0.2) is 18.4 Å². The van der Waals surface area contributed by atoms with E-state index in [1.165, 1.54) is 6.33 Å². The van der Waals surface area contributed by atoms with Crippen LogP contribution in [0, 0.1) is 0 Å². The maximum absolute atomic E-state index is 11.9. The maximum Gasteiger partial charge on any atom is 0.178 e. The van der Waals surface area contributed by atoms with Crippen molar-refractivity contribution < 1.29 is 8.42 Å². The van der Waals surface area contributed by atoms with Crippen LogP contribution in [0.15, 0.2) is 41.7 Å². The SMILES string of the molecule is CCS(=O)(=O)c1ccc(N2CCC(Nc3ncncc3Cl)CC2)cc1. The molecule has 1 fully saturated rings. The van der Waals surface area contributed by atoms with Gasteiger partial charge in [-0.1, -0.05) is 18.5 Å². The largest absolute Gasteiger partial charge is 0.371 e. The fourth-order valence-electron chi connectivity index (χ4n) is 2.93. The molecular weight excluding hydrogens is 360 g/mol. The van der Waals surface area contributed by atoms with Gasteiger partial charge in [-0.05, 0) is 37.1 Å². The third kappa shape index (κ3) is 4.22. The molecule has 1 aromatic heterocycles. The molecule has 0 radical (unpaired) electrons. The topological polar surface area (TPSA) is 75.2 Å². The molecule has 1 aromatic carbocycles. The fraction of sp³-hybridized carbons (Fsp3) is 0.412. The van der Waals surface area contributed by atoms with Crippen molar-refractivity contribution >= 4 is 32.9 Å². The maximum atomic E-state index is 11.9. The molecule has 0 spiro atoms. The Morgan fingerprint density at radius 3 is 2.52 bits per heavy atom. The van der Waals surface area contributed by atoms with Gasteiger partial charge in [-0.2, -0.15) is 0 Å². The van der Waals surface area contributed by atoms with Crippen molar-refractivity contribution in [2.75, 3.05) is 29.1 Å². The Hall–Kier alpha value is -1.86. The molecule has 0 atom stereocenters. The molecule has 134 valence electrons. The predicted octanol–water partition coefficient (Wildman–Crippen LogP) is 3.00. The van der Waals surface area contributed by atoms with Gasteiger partial charge in [0.15, 0.2) is 9.84 Å². The molecule has 1 saturated heterocycles. The van der Waals surface area contributed by atoms with Crippen LogP contribution in [0.4, 0.5) is 11.5 Å². The molecule has 0 saturated carbocycles. The minimum Gasteiger partial charge on any atom is -0.371 e. The predicted molar refractivity (Wildman–Crippen MR) is 100 cm³/mol. The molecule has 1 aliphatic heterocycles. The van der Waals surface area contributed by atoms with Crippen molar-refractivity contribution in [3.05, 3.63) is 41.8 Å². The van der Waals surface area contributed by atoms with E-state index in [1.54, 1.807) is 25.3 Å². The van der Waals surface area contributed by atoms with E-state index in [1.807, 2.05) is 12.1 Å². The first kappa shape index (κ1) is 17.9. The lowest BCUT2D eigenvalue weighted by Gasteiger charge is -2.34. The van der Waals surface area contributed by atoms with Crippen molar-refractivity contribution in [1.82, 2.24) is 9.97 Å². The van der Waals surface area contributed by atoms with Gasteiger partial charge in [0, 0.05) is 24.8 Å². The third-order valence-electron chi connectivity index (χ3n) is 4.44. The molecule has 0 bridgehead atoms.